The highest BCUT2D eigenvalue weighted by Crippen LogP contribution is 2.20. The summed E-state index contributed by atoms with van der Waals surface area (Å²) in [5.74, 6) is 0.0175. The van der Waals surface area contributed by atoms with Gasteiger partial charge in [0.25, 0.3) is 0 Å². The molecule has 0 aliphatic heterocycles. The summed E-state index contributed by atoms with van der Waals surface area (Å²) in [6.45, 7) is 11.2. The predicted octanol–water partition coefficient (Wildman–Crippen LogP) is 1.63. The molecule has 2 N–H and O–H groups in total. The van der Waals surface area contributed by atoms with Crippen LogP contribution in [-0.2, 0) is 9.53 Å². The third-order valence-electron chi connectivity index (χ3n) is 3.14. The van der Waals surface area contributed by atoms with Crippen LogP contribution in [0.5, 0.6) is 0 Å². The lowest BCUT2D eigenvalue weighted by molar-refractivity contribution is -0.137. The molecule has 1 amide bonds. The van der Waals surface area contributed by atoms with Gasteiger partial charge in [0.15, 0.2) is 0 Å². The number of carbonyl (C=O) groups excluding carboxylic acids is 1. The van der Waals surface area contributed by atoms with Crippen LogP contribution in [0.1, 0.15) is 41.0 Å². The van der Waals surface area contributed by atoms with Crippen LogP contribution in [0.2, 0.25) is 0 Å². The van der Waals surface area contributed by atoms with Crippen LogP contribution in [0.4, 0.5) is 0 Å². The van der Waals surface area contributed by atoms with Gasteiger partial charge in [-0.15, -0.1) is 0 Å². The normalized spacial score (nSPS) is 15.5. The van der Waals surface area contributed by atoms with E-state index in [4.69, 9.17) is 10.5 Å². The lowest BCUT2D eigenvalue weighted by atomic mass is 9.86. The number of amides is 1. The third-order valence-corrected chi connectivity index (χ3v) is 3.14. The molecular formula is C13H28N2O2. The number of nitrogens with zero attached hydrogens (tertiary/aromatic N) is 1. The van der Waals surface area contributed by atoms with E-state index in [1.165, 1.54) is 0 Å². The molecule has 0 spiro atoms. The van der Waals surface area contributed by atoms with Gasteiger partial charge in [-0.3, -0.25) is 4.79 Å². The molecule has 0 saturated heterocycles. The zero-order valence-electron chi connectivity index (χ0n) is 12.1. The summed E-state index contributed by atoms with van der Waals surface area (Å²) in [5, 5.41) is 0. The molecule has 0 aromatic rings. The molecule has 4 nitrogen and oxygen atoms in total. The number of nitrogens with two attached hydrogens (primary N) is 1. The van der Waals surface area contributed by atoms with Crippen LogP contribution in [0.15, 0.2) is 0 Å². The van der Waals surface area contributed by atoms with Crippen molar-refractivity contribution in [2.75, 3.05) is 20.3 Å². The van der Waals surface area contributed by atoms with Gasteiger partial charge >= 0.3 is 0 Å². The van der Waals surface area contributed by atoms with E-state index in [-0.39, 0.29) is 17.4 Å². The summed E-state index contributed by atoms with van der Waals surface area (Å²) >= 11 is 0. The fourth-order valence-corrected chi connectivity index (χ4v) is 1.51. The number of rotatable bonds is 6. The first-order valence-electron chi connectivity index (χ1n) is 6.30. The van der Waals surface area contributed by atoms with E-state index in [1.54, 1.807) is 7.11 Å². The number of hydrogen-bond acceptors (Lipinski definition) is 3. The Labute approximate surface area is 105 Å². The summed E-state index contributed by atoms with van der Waals surface area (Å²) in [4.78, 5) is 14.2. The molecule has 0 saturated carbocycles. The standard InChI is InChI=1S/C13H28N2O2/c1-7-10(2)15(8-9-17-6)12(16)11(14)13(3,4)5/h10-11H,7-9,14H2,1-6H3. The van der Waals surface area contributed by atoms with Crippen LogP contribution in [0.25, 0.3) is 0 Å². The van der Waals surface area contributed by atoms with Crippen molar-refractivity contribution in [1.82, 2.24) is 4.90 Å². The van der Waals surface area contributed by atoms with Gasteiger partial charge in [0, 0.05) is 19.7 Å². The van der Waals surface area contributed by atoms with E-state index < -0.39 is 6.04 Å². The van der Waals surface area contributed by atoms with E-state index in [9.17, 15) is 4.79 Å². The molecule has 102 valence electrons. The Morgan fingerprint density at radius 3 is 2.29 bits per heavy atom. The topological polar surface area (TPSA) is 55.6 Å². The average molecular weight is 244 g/mol. The molecule has 0 aromatic heterocycles. The lowest BCUT2D eigenvalue weighted by Crippen LogP contribution is -2.53. The van der Waals surface area contributed by atoms with E-state index >= 15 is 0 Å². The molecule has 0 aliphatic rings. The maximum absolute atomic E-state index is 12.3. The fraction of sp³-hybridized carbons (Fsp3) is 0.923. The molecule has 0 bridgehead atoms. The number of methoxy groups -OCH3 is 1. The van der Waals surface area contributed by atoms with Gasteiger partial charge in [0.1, 0.15) is 0 Å². The third kappa shape index (κ3) is 5.04. The van der Waals surface area contributed by atoms with Crippen LogP contribution in [0, 0.1) is 5.41 Å². The smallest absolute Gasteiger partial charge is 0.240 e. The van der Waals surface area contributed by atoms with Crippen LogP contribution in [0.3, 0.4) is 0 Å². The number of hydrogen-bond donors (Lipinski definition) is 1. The van der Waals surface area contributed by atoms with E-state index in [0.29, 0.717) is 13.2 Å². The maximum atomic E-state index is 12.3. The van der Waals surface area contributed by atoms with Crippen molar-refractivity contribution in [2.45, 2.75) is 53.1 Å². The van der Waals surface area contributed by atoms with Crippen molar-refractivity contribution >= 4 is 5.91 Å². The zero-order chi connectivity index (χ0) is 13.6. The lowest BCUT2D eigenvalue weighted by Gasteiger charge is -2.35. The summed E-state index contributed by atoms with van der Waals surface area (Å²) in [7, 11) is 1.64. The minimum absolute atomic E-state index is 0.0175. The van der Waals surface area contributed by atoms with Crippen molar-refractivity contribution in [2.24, 2.45) is 11.1 Å². The predicted molar refractivity (Wildman–Crippen MR) is 70.8 cm³/mol. The highest BCUT2D eigenvalue weighted by atomic mass is 16.5. The monoisotopic (exact) mass is 244 g/mol. The van der Waals surface area contributed by atoms with E-state index in [0.717, 1.165) is 6.42 Å². The quantitative estimate of drug-likeness (QED) is 0.772. The molecule has 4 heteroatoms. The van der Waals surface area contributed by atoms with Crippen molar-refractivity contribution in [3.63, 3.8) is 0 Å². The largest absolute Gasteiger partial charge is 0.383 e. The van der Waals surface area contributed by atoms with Crippen molar-refractivity contribution < 1.29 is 9.53 Å². The SMILES string of the molecule is CCC(C)N(CCOC)C(=O)C(N)C(C)(C)C. The van der Waals surface area contributed by atoms with Gasteiger partial charge in [0.05, 0.1) is 12.6 Å². The molecular weight excluding hydrogens is 216 g/mol. The highest BCUT2D eigenvalue weighted by Gasteiger charge is 2.32. The summed E-state index contributed by atoms with van der Waals surface area (Å²) in [6.07, 6.45) is 0.923. The highest BCUT2D eigenvalue weighted by molar-refractivity contribution is 5.82. The Hall–Kier alpha value is -0.610. The van der Waals surface area contributed by atoms with Crippen molar-refractivity contribution in [1.29, 1.82) is 0 Å². The summed E-state index contributed by atoms with van der Waals surface area (Å²) < 4.78 is 5.05. The van der Waals surface area contributed by atoms with Crippen molar-refractivity contribution in [3.05, 3.63) is 0 Å². The van der Waals surface area contributed by atoms with Crippen LogP contribution in [-0.4, -0.2) is 43.2 Å². The molecule has 0 radical (unpaired) electrons. The second kappa shape index (κ2) is 6.97. The van der Waals surface area contributed by atoms with E-state index in [2.05, 4.69) is 6.92 Å². The summed E-state index contributed by atoms with van der Waals surface area (Å²) in [5.41, 5.74) is 5.81. The molecule has 0 aliphatic carbocycles. The van der Waals surface area contributed by atoms with Gasteiger partial charge in [-0.2, -0.15) is 0 Å². The van der Waals surface area contributed by atoms with Gasteiger partial charge in [0.2, 0.25) is 5.91 Å². The van der Waals surface area contributed by atoms with Crippen molar-refractivity contribution in [3.8, 4) is 0 Å². The fourth-order valence-electron chi connectivity index (χ4n) is 1.51. The van der Waals surface area contributed by atoms with Gasteiger partial charge in [-0.1, -0.05) is 27.7 Å². The molecule has 2 unspecified atom stereocenters. The van der Waals surface area contributed by atoms with Crippen LogP contribution >= 0.6 is 0 Å². The molecule has 17 heavy (non-hydrogen) atoms. The second-order valence-corrected chi connectivity index (χ2v) is 5.63. The maximum Gasteiger partial charge on any atom is 0.240 e. The minimum atomic E-state index is -0.464. The second-order valence-electron chi connectivity index (χ2n) is 5.63. The van der Waals surface area contributed by atoms with Gasteiger partial charge < -0.3 is 15.4 Å². The molecule has 2 atom stereocenters. The molecule has 0 rings (SSSR count). The van der Waals surface area contributed by atoms with Gasteiger partial charge in [-0.25, -0.2) is 0 Å². The van der Waals surface area contributed by atoms with E-state index in [1.807, 2.05) is 32.6 Å². The first-order chi connectivity index (χ1) is 7.75. The first kappa shape index (κ1) is 16.4. The Morgan fingerprint density at radius 1 is 1.41 bits per heavy atom. The minimum Gasteiger partial charge on any atom is -0.383 e. The Morgan fingerprint density at radius 2 is 1.94 bits per heavy atom. The van der Waals surface area contributed by atoms with Crippen LogP contribution < -0.4 is 5.73 Å². The number of carbonyl (C=O) groups is 1. The first-order valence-corrected chi connectivity index (χ1v) is 6.30. The van der Waals surface area contributed by atoms with Gasteiger partial charge in [-0.05, 0) is 18.8 Å². The molecule has 0 heterocycles. The molecule has 0 aromatic carbocycles. The zero-order valence-corrected chi connectivity index (χ0v) is 12.1. The number of ether oxygens (including phenoxy) is 1. The Bertz CT molecular complexity index is 236. The Kier molecular flexibility index (Phi) is 6.72. The Balaban J connectivity index is 4.74. The summed E-state index contributed by atoms with van der Waals surface area (Å²) in [6, 6.07) is -0.264. The molecule has 0 fully saturated rings. The average Bonchev–Trinajstić information content (AvgIpc) is 2.26.